The third kappa shape index (κ3) is 5.90. The van der Waals surface area contributed by atoms with Crippen LogP contribution < -0.4 is 10.2 Å². The second-order valence-corrected chi connectivity index (χ2v) is 17.6. The zero-order chi connectivity index (χ0) is 37.1. The molecule has 0 radical (unpaired) electrons. The maximum atomic E-state index is 14.3. The molecule has 8 rings (SSSR count). The van der Waals surface area contributed by atoms with Crippen molar-refractivity contribution in [3.05, 3.63) is 69.6 Å². The number of hydrogen-bond acceptors (Lipinski definition) is 9. The first-order chi connectivity index (χ1) is 24.4. The first-order valence-electron chi connectivity index (χ1n) is 18.2. The Morgan fingerprint density at radius 1 is 0.923 bits per heavy atom. The van der Waals surface area contributed by atoms with E-state index in [4.69, 9.17) is 36.1 Å². The lowest BCUT2D eigenvalue weighted by Crippen LogP contribution is -2.41. The van der Waals surface area contributed by atoms with E-state index in [1.807, 2.05) is 43.3 Å². The second-order valence-electron chi connectivity index (χ2n) is 17.2. The van der Waals surface area contributed by atoms with Crippen molar-refractivity contribution in [1.82, 2.24) is 19.7 Å². The summed E-state index contributed by atoms with van der Waals surface area (Å²) in [7, 11) is 0. The van der Waals surface area contributed by atoms with Gasteiger partial charge in [-0.25, -0.2) is 24.5 Å². The molecule has 1 aliphatic heterocycles. The van der Waals surface area contributed by atoms with E-state index in [0.29, 0.717) is 51.5 Å². The average Bonchev–Trinajstić information content (AvgIpc) is 3.95. The fraction of sp³-hybridized carbons (Fsp3) is 0.500. The van der Waals surface area contributed by atoms with Crippen molar-refractivity contribution < 1.29 is 23.9 Å². The van der Waals surface area contributed by atoms with Crippen molar-refractivity contribution in [1.29, 1.82) is 0 Å². The van der Waals surface area contributed by atoms with Crippen molar-refractivity contribution in [2.75, 3.05) is 10.2 Å². The summed E-state index contributed by atoms with van der Waals surface area (Å²) < 4.78 is 12.7. The van der Waals surface area contributed by atoms with Gasteiger partial charge in [0.2, 0.25) is 5.91 Å². The number of anilines is 3. The van der Waals surface area contributed by atoms with Gasteiger partial charge >= 0.3 is 12.2 Å². The molecule has 2 aromatic carbocycles. The minimum absolute atomic E-state index is 0.249. The van der Waals surface area contributed by atoms with E-state index in [0.717, 1.165) is 53.9 Å². The predicted octanol–water partition coefficient (Wildman–Crippen LogP) is 9.41. The van der Waals surface area contributed by atoms with Crippen LogP contribution >= 0.6 is 11.6 Å². The maximum absolute atomic E-state index is 14.3. The zero-order valence-electron chi connectivity index (χ0n) is 31.0. The Balaban J connectivity index is 1.19. The van der Waals surface area contributed by atoms with E-state index in [2.05, 4.69) is 12.2 Å². The summed E-state index contributed by atoms with van der Waals surface area (Å²) in [6.45, 7) is 15.0. The number of benzene rings is 2. The number of aryl methyl sites for hydroxylation is 1. The third-order valence-electron chi connectivity index (χ3n) is 10.5. The summed E-state index contributed by atoms with van der Waals surface area (Å²) in [5.74, 6) is 2.33. The van der Waals surface area contributed by atoms with Gasteiger partial charge in [-0.05, 0) is 116 Å². The van der Waals surface area contributed by atoms with Crippen LogP contribution in [0, 0.1) is 12.8 Å². The molecule has 12 heteroatoms. The zero-order valence-corrected chi connectivity index (χ0v) is 31.7. The minimum atomic E-state index is -0.938. The van der Waals surface area contributed by atoms with Crippen LogP contribution in [0.25, 0.3) is 10.9 Å². The monoisotopic (exact) mass is 724 g/mol. The highest BCUT2D eigenvalue weighted by molar-refractivity contribution is 6.33. The fourth-order valence-corrected chi connectivity index (χ4v) is 8.08. The average molecular weight is 725 g/mol. The first-order valence-corrected chi connectivity index (χ1v) is 18.6. The molecule has 52 heavy (non-hydrogen) atoms. The summed E-state index contributed by atoms with van der Waals surface area (Å²) >= 11 is 7.02. The highest BCUT2D eigenvalue weighted by Crippen LogP contribution is 2.66. The summed E-state index contributed by atoms with van der Waals surface area (Å²) in [4.78, 5) is 52.4. The van der Waals surface area contributed by atoms with Crippen LogP contribution in [0.3, 0.4) is 0 Å². The number of nitrogens with one attached hydrogen (secondary N) is 1. The van der Waals surface area contributed by atoms with Gasteiger partial charge in [0, 0.05) is 23.1 Å². The molecule has 3 heterocycles. The number of ether oxygens (including phenoxy) is 2. The van der Waals surface area contributed by atoms with Crippen LogP contribution in [-0.4, -0.2) is 49.0 Å². The Bertz CT molecular complexity index is 2170. The molecule has 3 saturated carbocycles. The highest BCUT2D eigenvalue weighted by atomic mass is 35.5. The van der Waals surface area contributed by atoms with E-state index in [1.165, 1.54) is 9.58 Å². The van der Waals surface area contributed by atoms with E-state index < -0.39 is 28.8 Å². The van der Waals surface area contributed by atoms with Gasteiger partial charge in [0.05, 0.1) is 22.3 Å². The molecule has 3 aliphatic carbocycles. The molecule has 11 nitrogen and oxygen atoms in total. The maximum Gasteiger partial charge on any atom is 0.435 e. The Morgan fingerprint density at radius 3 is 2.27 bits per heavy atom. The lowest BCUT2D eigenvalue weighted by molar-refractivity contribution is -0.120. The van der Waals surface area contributed by atoms with Crippen LogP contribution in [0.1, 0.15) is 127 Å². The smallest absolute Gasteiger partial charge is 0.435 e. The molecule has 1 unspecified atom stereocenters. The lowest BCUT2D eigenvalue weighted by atomic mass is 9.74. The van der Waals surface area contributed by atoms with Crippen LogP contribution in [0.15, 0.2) is 36.4 Å². The summed E-state index contributed by atoms with van der Waals surface area (Å²) in [5.41, 5.74) is 2.07. The van der Waals surface area contributed by atoms with Gasteiger partial charge in [-0.2, -0.15) is 4.68 Å². The molecular weight excluding hydrogens is 680 g/mol. The largest absolute Gasteiger partial charge is 0.443 e. The third-order valence-corrected chi connectivity index (χ3v) is 10.9. The first kappa shape index (κ1) is 34.6. The molecule has 2 aromatic heterocycles. The van der Waals surface area contributed by atoms with E-state index in [1.54, 1.807) is 41.5 Å². The number of hydrogen-bond donors (Lipinski definition) is 1. The molecular formula is C40H45ClN6O5. The van der Waals surface area contributed by atoms with Gasteiger partial charge in [0.25, 0.3) is 0 Å². The molecule has 1 spiro atoms. The molecule has 3 fully saturated rings. The predicted molar refractivity (Wildman–Crippen MR) is 199 cm³/mol. The summed E-state index contributed by atoms with van der Waals surface area (Å²) in [5, 5.41) is 9.25. The molecule has 0 bridgehead atoms. The van der Waals surface area contributed by atoms with Crippen LogP contribution in [0.2, 0.25) is 5.02 Å². The van der Waals surface area contributed by atoms with Crippen LogP contribution in [0.5, 0.6) is 0 Å². The summed E-state index contributed by atoms with van der Waals surface area (Å²) in [6, 6.07) is 11.5. The van der Waals surface area contributed by atoms with Gasteiger partial charge in [0.1, 0.15) is 22.0 Å². The Labute approximate surface area is 308 Å². The van der Waals surface area contributed by atoms with E-state index in [-0.39, 0.29) is 17.7 Å². The van der Waals surface area contributed by atoms with Gasteiger partial charge < -0.3 is 14.8 Å². The number of halogens is 1. The Hall–Kier alpha value is -4.51. The molecule has 1 N–H and O–H groups in total. The summed E-state index contributed by atoms with van der Waals surface area (Å²) in [6.07, 6.45) is 3.33. The topological polar surface area (TPSA) is 129 Å². The fourth-order valence-electron chi connectivity index (χ4n) is 7.80. The standard InChI is InChI=1S/C40H45ClN6O5/c1-20-9-14-28-26(17-20)40(35(48)46(28)36(49)51-38(3,4)5)19-27(40)23-12-13-25-29(18-23)47(37(50)52-39(6,7)8)45-33(25)44-34-30(41)31(24-15-21(2)16-24)42-32(43-34)22-10-11-22/h9,12-14,17-18,21-22,24,27H,10-11,15-16,19H2,1-8H3,(H,42,43,44,45)/t21?,24?,27?,40-/m0/s1. The number of carbonyl (C=O) groups is 3. The quantitative estimate of drug-likeness (QED) is 0.214. The minimum Gasteiger partial charge on any atom is -0.443 e. The highest BCUT2D eigenvalue weighted by Gasteiger charge is 2.68. The molecule has 2 atom stereocenters. The number of fused-ring (bicyclic) bond motifs is 3. The molecule has 0 saturated heterocycles. The number of imide groups is 1. The van der Waals surface area contributed by atoms with Crippen molar-refractivity contribution in [2.45, 2.75) is 122 Å². The Kier molecular flexibility index (Phi) is 7.81. The SMILES string of the molecule is Cc1ccc2c(c1)[C@]1(CC1c1ccc3c(Nc4nc(C5CC5)nc(C5CC(C)C5)c4Cl)nn(C(=O)OC(C)(C)C)c3c1)C(=O)N2C(=O)OC(C)(C)C. The normalized spacial score (nSPS) is 23.8. The van der Waals surface area contributed by atoms with Crippen molar-refractivity contribution >= 4 is 57.9 Å². The molecule has 4 aromatic rings. The van der Waals surface area contributed by atoms with Crippen LogP contribution in [-0.2, 0) is 19.7 Å². The van der Waals surface area contributed by atoms with E-state index >= 15 is 0 Å². The van der Waals surface area contributed by atoms with Crippen LogP contribution in [0.4, 0.5) is 26.9 Å². The number of carbonyl (C=O) groups excluding carboxylic acids is 3. The molecule has 272 valence electrons. The number of nitrogens with zero attached hydrogens (tertiary/aromatic N) is 5. The van der Waals surface area contributed by atoms with Gasteiger partial charge in [-0.15, -0.1) is 5.10 Å². The van der Waals surface area contributed by atoms with Gasteiger partial charge in [0.15, 0.2) is 11.6 Å². The second kappa shape index (κ2) is 11.7. The molecule has 2 amide bonds. The number of amides is 2. The van der Waals surface area contributed by atoms with Gasteiger partial charge in [-0.1, -0.05) is 42.3 Å². The number of aromatic nitrogens is 4. The van der Waals surface area contributed by atoms with Crippen molar-refractivity contribution in [3.8, 4) is 0 Å². The van der Waals surface area contributed by atoms with E-state index in [9.17, 15) is 14.4 Å². The van der Waals surface area contributed by atoms with Crippen molar-refractivity contribution in [2.24, 2.45) is 5.92 Å². The molecule has 4 aliphatic rings. The van der Waals surface area contributed by atoms with Gasteiger partial charge in [-0.3, -0.25) is 4.79 Å². The lowest BCUT2D eigenvalue weighted by Gasteiger charge is -2.33. The van der Waals surface area contributed by atoms with Crippen molar-refractivity contribution in [3.63, 3.8) is 0 Å². The Morgan fingerprint density at radius 2 is 1.62 bits per heavy atom. The number of rotatable bonds is 5.